The Bertz CT molecular complexity index is 908. The van der Waals surface area contributed by atoms with Gasteiger partial charge in [-0.1, -0.05) is 24.3 Å². The van der Waals surface area contributed by atoms with E-state index in [2.05, 4.69) is 15.6 Å². The monoisotopic (exact) mass is 414 g/mol. The average molecular weight is 415 g/mol. The minimum Gasteiger partial charge on any atom is -0.378 e. The number of nitrogens with zero attached hydrogens (tertiary/aromatic N) is 2. The number of halogens is 2. The third-order valence-corrected chi connectivity index (χ3v) is 5.94. The molecule has 2 aliphatic rings. The average Bonchev–Trinajstić information content (AvgIpc) is 3.56. The maximum atomic E-state index is 14.6. The summed E-state index contributed by atoms with van der Waals surface area (Å²) in [7, 11) is 1.69. The van der Waals surface area contributed by atoms with Gasteiger partial charge in [0.2, 0.25) is 0 Å². The molecular formula is C23H28F2N4O. The Labute approximate surface area is 176 Å². The summed E-state index contributed by atoms with van der Waals surface area (Å²) in [5, 5.41) is 6.53. The molecule has 1 aliphatic heterocycles. The van der Waals surface area contributed by atoms with E-state index in [0.717, 1.165) is 24.0 Å². The Morgan fingerprint density at radius 2 is 1.83 bits per heavy atom. The van der Waals surface area contributed by atoms with Crippen LogP contribution in [0.3, 0.4) is 0 Å². The van der Waals surface area contributed by atoms with Gasteiger partial charge in [-0.3, -0.25) is 4.99 Å². The van der Waals surface area contributed by atoms with Gasteiger partial charge >= 0.3 is 0 Å². The summed E-state index contributed by atoms with van der Waals surface area (Å²) in [6.07, 6.45) is 1.90. The molecule has 0 amide bonds. The van der Waals surface area contributed by atoms with Gasteiger partial charge in [-0.25, -0.2) is 8.78 Å². The van der Waals surface area contributed by atoms with Crippen LogP contribution in [-0.4, -0.2) is 45.9 Å². The molecule has 0 atom stereocenters. The Morgan fingerprint density at radius 3 is 2.50 bits per heavy atom. The molecule has 7 heteroatoms. The van der Waals surface area contributed by atoms with E-state index in [1.54, 1.807) is 19.2 Å². The van der Waals surface area contributed by atoms with E-state index in [-0.39, 0.29) is 17.0 Å². The molecule has 2 fully saturated rings. The van der Waals surface area contributed by atoms with Crippen molar-refractivity contribution >= 4 is 11.6 Å². The van der Waals surface area contributed by atoms with Gasteiger partial charge in [0, 0.05) is 38.6 Å². The van der Waals surface area contributed by atoms with Gasteiger partial charge in [0.25, 0.3) is 0 Å². The largest absolute Gasteiger partial charge is 0.378 e. The molecule has 2 N–H and O–H groups in total. The molecule has 4 rings (SSSR count). The third kappa shape index (κ3) is 4.56. The topological polar surface area (TPSA) is 48.9 Å². The van der Waals surface area contributed by atoms with Crippen molar-refractivity contribution in [2.75, 3.05) is 44.8 Å². The molecule has 2 aromatic rings. The zero-order valence-corrected chi connectivity index (χ0v) is 17.3. The summed E-state index contributed by atoms with van der Waals surface area (Å²) in [5.41, 5.74) is 2.04. The molecular weight excluding hydrogens is 386 g/mol. The second kappa shape index (κ2) is 9.00. The highest BCUT2D eigenvalue weighted by Crippen LogP contribution is 2.48. The van der Waals surface area contributed by atoms with Gasteiger partial charge in [0.1, 0.15) is 11.6 Å². The lowest BCUT2D eigenvalue weighted by atomic mass is 9.95. The second-order valence-corrected chi connectivity index (χ2v) is 7.92. The lowest BCUT2D eigenvalue weighted by Gasteiger charge is -2.29. The first-order chi connectivity index (χ1) is 14.6. The van der Waals surface area contributed by atoms with Gasteiger partial charge in [-0.2, -0.15) is 0 Å². The molecule has 0 aromatic heterocycles. The van der Waals surface area contributed by atoms with E-state index < -0.39 is 0 Å². The molecule has 1 heterocycles. The van der Waals surface area contributed by atoms with Crippen molar-refractivity contribution in [2.24, 2.45) is 4.99 Å². The van der Waals surface area contributed by atoms with Crippen LogP contribution >= 0.6 is 0 Å². The van der Waals surface area contributed by atoms with Crippen LogP contribution in [-0.2, 0) is 16.7 Å². The summed E-state index contributed by atoms with van der Waals surface area (Å²) in [4.78, 5) is 6.26. The summed E-state index contributed by atoms with van der Waals surface area (Å²) >= 11 is 0. The molecule has 0 radical (unpaired) electrons. The number of benzene rings is 2. The van der Waals surface area contributed by atoms with Crippen molar-refractivity contribution in [2.45, 2.75) is 24.8 Å². The smallest absolute Gasteiger partial charge is 0.191 e. The minimum atomic E-state index is -0.226. The predicted octanol–water partition coefficient (Wildman–Crippen LogP) is 3.20. The molecule has 160 valence electrons. The van der Waals surface area contributed by atoms with Gasteiger partial charge in [0.15, 0.2) is 5.96 Å². The van der Waals surface area contributed by atoms with Gasteiger partial charge < -0.3 is 20.3 Å². The summed E-state index contributed by atoms with van der Waals surface area (Å²) in [6, 6.07) is 12.3. The molecule has 30 heavy (non-hydrogen) atoms. The van der Waals surface area contributed by atoms with Gasteiger partial charge in [0.05, 0.1) is 18.9 Å². The number of rotatable bonds is 6. The number of hydrogen-bond acceptors (Lipinski definition) is 3. The number of morpholine rings is 1. The number of hydrogen-bond donors (Lipinski definition) is 2. The first-order valence-electron chi connectivity index (χ1n) is 10.4. The zero-order chi connectivity index (χ0) is 21.0. The Balaban J connectivity index is 1.33. The normalized spacial score (nSPS) is 18.2. The minimum absolute atomic E-state index is 0.157. The summed E-state index contributed by atoms with van der Waals surface area (Å²) < 4.78 is 34.1. The van der Waals surface area contributed by atoms with Crippen molar-refractivity contribution in [3.05, 3.63) is 65.2 Å². The van der Waals surface area contributed by atoms with Crippen molar-refractivity contribution < 1.29 is 13.5 Å². The molecule has 2 aromatic carbocycles. The summed E-state index contributed by atoms with van der Waals surface area (Å²) in [5.74, 6) is 0.237. The lowest BCUT2D eigenvalue weighted by Crippen LogP contribution is -2.41. The number of guanidine groups is 1. The molecule has 1 aliphatic carbocycles. The molecule has 1 saturated carbocycles. The second-order valence-electron chi connectivity index (χ2n) is 7.92. The third-order valence-electron chi connectivity index (χ3n) is 5.94. The van der Waals surface area contributed by atoms with Crippen LogP contribution in [0, 0.1) is 11.6 Å². The number of aliphatic imine (C=N–C) groups is 1. The number of anilines is 1. The van der Waals surface area contributed by atoms with E-state index in [0.29, 0.717) is 51.0 Å². The first kappa shape index (κ1) is 20.6. The Morgan fingerprint density at radius 1 is 1.07 bits per heavy atom. The van der Waals surface area contributed by atoms with Crippen LogP contribution in [0.15, 0.2) is 47.5 Å². The van der Waals surface area contributed by atoms with Gasteiger partial charge in [-0.05, 0) is 42.2 Å². The zero-order valence-electron chi connectivity index (χ0n) is 17.3. The number of nitrogens with one attached hydrogen (secondary N) is 2. The lowest BCUT2D eigenvalue weighted by molar-refractivity contribution is 0.122. The highest BCUT2D eigenvalue weighted by Gasteiger charge is 2.45. The van der Waals surface area contributed by atoms with E-state index in [1.807, 2.05) is 29.2 Å². The van der Waals surface area contributed by atoms with Crippen molar-refractivity contribution in [3.8, 4) is 0 Å². The van der Waals surface area contributed by atoms with Crippen molar-refractivity contribution in [3.63, 3.8) is 0 Å². The van der Waals surface area contributed by atoms with E-state index in [1.165, 1.54) is 6.07 Å². The fourth-order valence-electron chi connectivity index (χ4n) is 3.96. The van der Waals surface area contributed by atoms with Crippen molar-refractivity contribution in [1.82, 2.24) is 10.6 Å². The maximum Gasteiger partial charge on any atom is 0.191 e. The molecule has 0 unspecified atom stereocenters. The van der Waals surface area contributed by atoms with Crippen LogP contribution in [0.4, 0.5) is 14.5 Å². The van der Waals surface area contributed by atoms with Gasteiger partial charge in [-0.15, -0.1) is 0 Å². The molecule has 5 nitrogen and oxygen atoms in total. The Hall–Kier alpha value is -2.67. The van der Waals surface area contributed by atoms with Crippen LogP contribution in [0.5, 0.6) is 0 Å². The fraction of sp³-hybridized carbons (Fsp3) is 0.435. The standard InChI is InChI=1S/C23H28F2N4O/c1-26-22(28-16-23(8-9-23)18-4-2-3-5-19(18)24)27-15-17-6-7-21(20(25)14-17)29-10-12-30-13-11-29/h2-7,14H,8-13,15-16H2,1H3,(H2,26,27,28). The first-order valence-corrected chi connectivity index (χ1v) is 10.4. The summed E-state index contributed by atoms with van der Waals surface area (Å²) in [6.45, 7) is 3.71. The number of ether oxygens (including phenoxy) is 1. The van der Waals surface area contributed by atoms with E-state index in [4.69, 9.17) is 4.74 Å². The maximum absolute atomic E-state index is 14.6. The van der Waals surface area contributed by atoms with E-state index in [9.17, 15) is 8.78 Å². The van der Waals surface area contributed by atoms with Crippen molar-refractivity contribution in [1.29, 1.82) is 0 Å². The Kier molecular flexibility index (Phi) is 6.18. The molecule has 1 saturated heterocycles. The molecule has 0 bridgehead atoms. The predicted molar refractivity (Wildman–Crippen MR) is 115 cm³/mol. The molecule has 0 spiro atoms. The highest BCUT2D eigenvalue weighted by atomic mass is 19.1. The fourth-order valence-corrected chi connectivity index (χ4v) is 3.96. The highest BCUT2D eigenvalue weighted by molar-refractivity contribution is 5.79. The van der Waals surface area contributed by atoms with E-state index >= 15 is 0 Å². The van der Waals surface area contributed by atoms with Crippen LogP contribution in [0.2, 0.25) is 0 Å². The van der Waals surface area contributed by atoms with Crippen LogP contribution in [0.25, 0.3) is 0 Å². The van der Waals surface area contributed by atoms with Crippen LogP contribution in [0.1, 0.15) is 24.0 Å². The quantitative estimate of drug-likeness (QED) is 0.563. The SMILES string of the molecule is CN=C(NCc1ccc(N2CCOCC2)c(F)c1)NCC1(c2ccccc2F)CC1. The van der Waals surface area contributed by atoms with Crippen LogP contribution < -0.4 is 15.5 Å².